The summed E-state index contributed by atoms with van der Waals surface area (Å²) in [7, 11) is 1.76. The molecular weight excluding hydrogens is 420 g/mol. The maximum Gasteiger partial charge on any atom is 0.241 e. The van der Waals surface area contributed by atoms with Gasteiger partial charge in [-0.3, -0.25) is 4.79 Å². The number of carbonyl (C=O) groups excluding carboxylic acids is 1. The second kappa shape index (κ2) is 8.18. The number of sulfone groups is 1. The number of nitrogens with one attached hydrogen (secondary N) is 1. The quantitative estimate of drug-likeness (QED) is 0.596. The average Bonchev–Trinajstić information content (AvgIpc) is 3.28. The maximum absolute atomic E-state index is 13.6. The molecular formula is C21H19BFN3O4S. The molecule has 1 amide bonds. The lowest BCUT2D eigenvalue weighted by atomic mass is 9.84. The number of aryl methyl sites for hydroxylation is 1. The van der Waals surface area contributed by atoms with Gasteiger partial charge < -0.3 is 14.4 Å². The number of hydrogen-bond donors (Lipinski definition) is 1. The normalized spacial score (nSPS) is 16.8. The molecule has 0 aliphatic heterocycles. The van der Waals surface area contributed by atoms with Gasteiger partial charge >= 0.3 is 0 Å². The van der Waals surface area contributed by atoms with Crippen LogP contribution in [0.3, 0.4) is 0 Å². The molecule has 0 saturated heterocycles. The van der Waals surface area contributed by atoms with E-state index in [1.807, 2.05) is 0 Å². The summed E-state index contributed by atoms with van der Waals surface area (Å²) in [5, 5.41) is 6.56. The Labute approximate surface area is 179 Å². The van der Waals surface area contributed by atoms with E-state index in [4.69, 9.17) is 12.4 Å². The molecule has 1 aliphatic rings. The topological polar surface area (TPSA) is 94.2 Å². The highest BCUT2D eigenvalue weighted by atomic mass is 32.2. The first-order valence-corrected chi connectivity index (χ1v) is 11.2. The SMILES string of the molecule is [B]C1=CC(Cn2cc(S(=O)(=O)CC(=O)Nc3cc(C)on3)c3ccccc32)=CCC1F. The number of nitrogens with zero attached hydrogens (tertiary/aromatic N) is 2. The summed E-state index contributed by atoms with van der Waals surface area (Å²) < 4.78 is 46.3. The molecule has 1 atom stereocenters. The molecule has 1 N–H and O–H groups in total. The fourth-order valence-corrected chi connectivity index (χ4v) is 4.88. The molecule has 0 fully saturated rings. The Kier molecular flexibility index (Phi) is 5.57. The lowest BCUT2D eigenvalue weighted by Crippen LogP contribution is -2.23. The number of aromatic nitrogens is 2. The predicted octanol–water partition coefficient (Wildman–Crippen LogP) is 3.07. The predicted molar refractivity (Wildman–Crippen MR) is 115 cm³/mol. The van der Waals surface area contributed by atoms with Crippen molar-refractivity contribution in [2.75, 3.05) is 11.1 Å². The number of carbonyl (C=O) groups is 1. The first-order valence-electron chi connectivity index (χ1n) is 9.57. The Bertz CT molecular complexity index is 1320. The number of halogens is 1. The van der Waals surface area contributed by atoms with Gasteiger partial charge in [0, 0.05) is 36.1 Å². The Hall–Kier alpha value is -3.14. The van der Waals surface area contributed by atoms with Crippen molar-refractivity contribution in [1.29, 1.82) is 0 Å². The standard InChI is InChI=1S/C21H19BFN3O4S/c1-13-8-20(25-30-13)24-21(27)12-31(28,29)19-11-26(18-5-3-2-4-15(18)19)10-14-6-7-17(23)16(22)9-14/h2-6,8-9,11,17H,7,10,12H2,1H3,(H,24,25,27). The number of alkyl halides is 1. The largest absolute Gasteiger partial charge is 0.360 e. The third kappa shape index (κ3) is 4.48. The minimum atomic E-state index is -3.95. The van der Waals surface area contributed by atoms with E-state index >= 15 is 0 Å². The zero-order valence-electron chi connectivity index (χ0n) is 16.7. The van der Waals surface area contributed by atoms with Crippen molar-refractivity contribution in [3.05, 3.63) is 65.5 Å². The van der Waals surface area contributed by atoms with Crippen LogP contribution in [0.15, 0.2) is 69.1 Å². The summed E-state index contributed by atoms with van der Waals surface area (Å²) >= 11 is 0. The van der Waals surface area contributed by atoms with E-state index in [1.54, 1.807) is 47.9 Å². The molecule has 0 bridgehead atoms. The van der Waals surface area contributed by atoms with Crippen LogP contribution in [0.25, 0.3) is 10.9 Å². The third-order valence-electron chi connectivity index (χ3n) is 4.96. The highest BCUT2D eigenvalue weighted by Gasteiger charge is 2.25. The number of para-hydroxylation sites is 1. The van der Waals surface area contributed by atoms with Crippen molar-refractivity contribution in [3.8, 4) is 0 Å². The first-order chi connectivity index (χ1) is 14.7. The van der Waals surface area contributed by atoms with E-state index in [0.717, 1.165) is 5.57 Å². The molecule has 0 saturated carbocycles. The molecule has 2 heterocycles. The van der Waals surface area contributed by atoms with E-state index < -0.39 is 27.7 Å². The average molecular weight is 439 g/mol. The molecule has 3 aromatic rings. The summed E-state index contributed by atoms with van der Waals surface area (Å²) in [4.78, 5) is 12.3. The lowest BCUT2D eigenvalue weighted by molar-refractivity contribution is -0.113. The molecule has 2 aromatic heterocycles. The fraction of sp³-hybridized carbons (Fsp3) is 0.238. The van der Waals surface area contributed by atoms with Crippen molar-refractivity contribution in [1.82, 2.24) is 9.72 Å². The second-order valence-electron chi connectivity index (χ2n) is 7.40. The van der Waals surface area contributed by atoms with Crippen LogP contribution in [0.4, 0.5) is 10.2 Å². The lowest BCUT2D eigenvalue weighted by Gasteiger charge is -2.16. The monoisotopic (exact) mass is 439 g/mol. The van der Waals surface area contributed by atoms with Gasteiger partial charge in [-0.25, -0.2) is 12.8 Å². The van der Waals surface area contributed by atoms with Crippen molar-refractivity contribution < 1.29 is 22.1 Å². The molecule has 158 valence electrons. The minimum Gasteiger partial charge on any atom is -0.360 e. The van der Waals surface area contributed by atoms with E-state index in [0.29, 0.717) is 23.2 Å². The molecule has 10 heteroatoms. The van der Waals surface area contributed by atoms with Gasteiger partial charge in [0.05, 0.1) is 4.90 Å². The first kappa shape index (κ1) is 21.1. The van der Waals surface area contributed by atoms with Crippen LogP contribution in [0.2, 0.25) is 0 Å². The van der Waals surface area contributed by atoms with Gasteiger partial charge in [-0.05, 0) is 18.6 Å². The summed E-state index contributed by atoms with van der Waals surface area (Å²) in [6.45, 7) is 1.99. The van der Waals surface area contributed by atoms with Crippen molar-refractivity contribution >= 4 is 40.3 Å². The molecule has 7 nitrogen and oxygen atoms in total. The van der Waals surface area contributed by atoms with E-state index in [9.17, 15) is 17.6 Å². The van der Waals surface area contributed by atoms with Crippen molar-refractivity contribution in [3.63, 3.8) is 0 Å². The third-order valence-corrected chi connectivity index (χ3v) is 6.59. The fourth-order valence-electron chi connectivity index (χ4n) is 3.51. The minimum absolute atomic E-state index is 0.0475. The number of rotatable bonds is 6. The number of allylic oxidation sites excluding steroid dienone is 4. The summed E-state index contributed by atoms with van der Waals surface area (Å²) in [5.74, 6) is -0.817. The Morgan fingerprint density at radius 1 is 1.39 bits per heavy atom. The van der Waals surface area contributed by atoms with Gasteiger partial charge in [0.15, 0.2) is 15.7 Å². The second-order valence-corrected chi connectivity index (χ2v) is 9.35. The molecule has 1 aromatic carbocycles. The maximum atomic E-state index is 13.6. The van der Waals surface area contributed by atoms with Crippen molar-refractivity contribution in [2.45, 2.75) is 31.0 Å². The molecule has 0 spiro atoms. The highest BCUT2D eigenvalue weighted by Crippen LogP contribution is 2.28. The summed E-state index contributed by atoms with van der Waals surface area (Å²) in [6, 6.07) is 8.51. The van der Waals surface area contributed by atoms with Gasteiger partial charge in [-0.15, -0.1) is 0 Å². The highest BCUT2D eigenvalue weighted by molar-refractivity contribution is 7.92. The Morgan fingerprint density at radius 2 is 2.16 bits per heavy atom. The molecule has 2 radical (unpaired) electrons. The number of fused-ring (bicyclic) bond motifs is 1. The van der Waals surface area contributed by atoms with Gasteiger partial charge in [0.1, 0.15) is 25.5 Å². The van der Waals surface area contributed by atoms with Crippen LogP contribution < -0.4 is 5.32 Å². The Morgan fingerprint density at radius 3 is 2.87 bits per heavy atom. The van der Waals surface area contributed by atoms with Crippen LogP contribution >= 0.6 is 0 Å². The number of anilines is 1. The smallest absolute Gasteiger partial charge is 0.241 e. The number of benzene rings is 1. The zero-order valence-corrected chi connectivity index (χ0v) is 17.5. The van der Waals surface area contributed by atoms with Crippen LogP contribution in [-0.4, -0.2) is 43.8 Å². The van der Waals surface area contributed by atoms with Gasteiger partial charge in [0.2, 0.25) is 5.91 Å². The molecule has 1 aliphatic carbocycles. The molecule has 1 unspecified atom stereocenters. The number of amides is 1. The van der Waals surface area contributed by atoms with Crippen molar-refractivity contribution in [2.24, 2.45) is 0 Å². The Balaban J connectivity index is 1.62. The summed E-state index contributed by atoms with van der Waals surface area (Å²) in [6.07, 6.45) is 3.80. The number of hydrogen-bond acceptors (Lipinski definition) is 5. The molecule has 4 rings (SSSR count). The van der Waals surface area contributed by atoms with Crippen LogP contribution in [-0.2, 0) is 21.2 Å². The van der Waals surface area contributed by atoms with Crippen LogP contribution in [0, 0.1) is 6.92 Å². The van der Waals surface area contributed by atoms with Gasteiger partial charge in [0.25, 0.3) is 0 Å². The van der Waals surface area contributed by atoms with Crippen LogP contribution in [0.5, 0.6) is 0 Å². The van der Waals surface area contributed by atoms with Crippen LogP contribution in [0.1, 0.15) is 12.2 Å². The zero-order chi connectivity index (χ0) is 22.2. The van der Waals surface area contributed by atoms with Gasteiger partial charge in [-0.2, -0.15) is 0 Å². The summed E-state index contributed by atoms with van der Waals surface area (Å²) in [5.41, 5.74) is 1.63. The van der Waals surface area contributed by atoms with Gasteiger partial charge in [-0.1, -0.05) is 41.0 Å². The van der Waals surface area contributed by atoms with E-state index in [-0.39, 0.29) is 22.6 Å². The van der Waals surface area contributed by atoms with E-state index in [2.05, 4.69) is 10.5 Å². The van der Waals surface area contributed by atoms with E-state index in [1.165, 1.54) is 12.3 Å². The molecule has 31 heavy (non-hydrogen) atoms.